The molecule has 2 rings (SSSR count). The second kappa shape index (κ2) is 5.45. The number of carbonyl (C=O) groups is 2. The number of rotatable bonds is 3. The van der Waals surface area contributed by atoms with Crippen LogP contribution in [-0.2, 0) is 0 Å². The van der Waals surface area contributed by atoms with Crippen molar-refractivity contribution in [3.63, 3.8) is 0 Å². The summed E-state index contributed by atoms with van der Waals surface area (Å²) in [7, 11) is 0. The van der Waals surface area contributed by atoms with Crippen LogP contribution >= 0.6 is 27.3 Å². The van der Waals surface area contributed by atoms with E-state index in [1.165, 1.54) is 23.6 Å². The molecule has 1 heterocycles. The van der Waals surface area contributed by atoms with E-state index in [1.807, 2.05) is 0 Å². The van der Waals surface area contributed by atoms with E-state index in [0.717, 1.165) is 11.3 Å². The van der Waals surface area contributed by atoms with E-state index in [4.69, 9.17) is 5.11 Å². The lowest BCUT2D eigenvalue weighted by Gasteiger charge is -2.03. The van der Waals surface area contributed by atoms with Gasteiger partial charge in [0, 0.05) is 11.1 Å². The highest BCUT2D eigenvalue weighted by Gasteiger charge is 2.15. The molecule has 5 nitrogen and oxygen atoms in total. The number of carbonyl (C=O) groups excluding carboxylic acids is 1. The van der Waals surface area contributed by atoms with Gasteiger partial charge >= 0.3 is 5.97 Å². The molecule has 0 fully saturated rings. The summed E-state index contributed by atoms with van der Waals surface area (Å²) in [6, 6.07) is 3.99. The molecule has 2 N–H and O–H groups in total. The summed E-state index contributed by atoms with van der Waals surface area (Å²) in [6.07, 6.45) is 0. The average molecular weight is 345 g/mol. The minimum atomic E-state index is -1.19. The molecule has 0 saturated heterocycles. The number of hydrogen-bond donors (Lipinski definition) is 2. The molecule has 19 heavy (non-hydrogen) atoms. The molecule has 1 amide bonds. The first kappa shape index (κ1) is 13.6. The fraction of sp³-hybridized carbons (Fsp3) is 0. The second-order valence-electron chi connectivity index (χ2n) is 3.43. The van der Waals surface area contributed by atoms with Crippen LogP contribution in [0.5, 0.6) is 0 Å². The number of aromatic carboxylic acids is 1. The number of nitrogens with one attached hydrogen (secondary N) is 1. The molecule has 0 bridgehead atoms. The van der Waals surface area contributed by atoms with Crippen LogP contribution in [-0.4, -0.2) is 22.0 Å². The third kappa shape index (κ3) is 3.15. The Labute approximate surface area is 119 Å². The first-order chi connectivity index (χ1) is 8.97. The van der Waals surface area contributed by atoms with Crippen LogP contribution in [0.1, 0.15) is 20.3 Å². The van der Waals surface area contributed by atoms with Gasteiger partial charge in [-0.3, -0.25) is 4.79 Å². The van der Waals surface area contributed by atoms with Crippen LogP contribution in [0, 0.1) is 5.82 Å². The van der Waals surface area contributed by atoms with Crippen LogP contribution in [0.4, 0.5) is 10.1 Å². The standard InChI is InChI=1S/C11H6BrFN2O3S/c12-6-3-5(1-2-7(6)13)14-9(16)8-4-19-10(15-8)11(17)18/h1-4H,(H,14,16)(H,17,18). The Morgan fingerprint density at radius 2 is 2.16 bits per heavy atom. The van der Waals surface area contributed by atoms with Gasteiger partial charge in [-0.1, -0.05) is 0 Å². The number of anilines is 1. The number of halogens is 2. The Morgan fingerprint density at radius 3 is 2.74 bits per heavy atom. The summed E-state index contributed by atoms with van der Waals surface area (Å²) in [5.74, 6) is -2.18. The molecule has 2 aromatic rings. The Morgan fingerprint density at radius 1 is 1.42 bits per heavy atom. The summed E-state index contributed by atoms with van der Waals surface area (Å²) in [5.41, 5.74) is 0.381. The molecule has 1 aromatic carbocycles. The fourth-order valence-electron chi connectivity index (χ4n) is 1.25. The van der Waals surface area contributed by atoms with Crippen molar-refractivity contribution in [2.24, 2.45) is 0 Å². The first-order valence-electron chi connectivity index (χ1n) is 4.92. The average Bonchev–Trinajstić information content (AvgIpc) is 2.83. The van der Waals surface area contributed by atoms with E-state index in [1.54, 1.807) is 0 Å². The number of carboxylic acids is 1. The van der Waals surface area contributed by atoms with Gasteiger partial charge in [-0.05, 0) is 34.1 Å². The van der Waals surface area contributed by atoms with Crippen molar-refractivity contribution >= 4 is 44.8 Å². The van der Waals surface area contributed by atoms with E-state index in [-0.39, 0.29) is 15.2 Å². The van der Waals surface area contributed by atoms with Gasteiger partial charge in [0.15, 0.2) is 0 Å². The largest absolute Gasteiger partial charge is 0.476 e. The van der Waals surface area contributed by atoms with Crippen molar-refractivity contribution < 1.29 is 19.1 Å². The highest BCUT2D eigenvalue weighted by Crippen LogP contribution is 2.20. The summed E-state index contributed by atoms with van der Waals surface area (Å²) < 4.78 is 13.2. The molecule has 0 atom stereocenters. The first-order valence-corrected chi connectivity index (χ1v) is 6.60. The van der Waals surface area contributed by atoms with Crippen molar-refractivity contribution in [3.05, 3.63) is 44.6 Å². The number of carboxylic acid groups (broad SMARTS) is 1. The number of nitrogens with zero attached hydrogens (tertiary/aromatic N) is 1. The fourth-order valence-corrected chi connectivity index (χ4v) is 2.26. The molecular weight excluding hydrogens is 339 g/mol. The van der Waals surface area contributed by atoms with Gasteiger partial charge in [0.2, 0.25) is 5.01 Å². The maximum atomic E-state index is 13.0. The zero-order chi connectivity index (χ0) is 14.0. The lowest BCUT2D eigenvalue weighted by molar-refractivity contribution is 0.0696. The van der Waals surface area contributed by atoms with Crippen LogP contribution in [0.3, 0.4) is 0 Å². The number of hydrogen-bond acceptors (Lipinski definition) is 4. The molecule has 0 aliphatic heterocycles. The molecule has 0 unspecified atom stereocenters. The number of amides is 1. The van der Waals surface area contributed by atoms with Gasteiger partial charge in [0.1, 0.15) is 11.5 Å². The number of aromatic nitrogens is 1. The SMILES string of the molecule is O=C(Nc1ccc(F)c(Br)c1)c1csc(C(=O)O)n1. The molecule has 0 spiro atoms. The molecule has 0 aliphatic rings. The van der Waals surface area contributed by atoms with Crippen LogP contribution in [0.15, 0.2) is 28.1 Å². The second-order valence-corrected chi connectivity index (χ2v) is 5.14. The Balaban J connectivity index is 2.15. The summed E-state index contributed by atoms with van der Waals surface area (Å²) in [4.78, 5) is 26.1. The minimum absolute atomic E-state index is 0.00264. The molecule has 8 heteroatoms. The zero-order valence-electron chi connectivity index (χ0n) is 9.18. The van der Waals surface area contributed by atoms with Gasteiger partial charge in [0.25, 0.3) is 5.91 Å². The minimum Gasteiger partial charge on any atom is -0.476 e. The topological polar surface area (TPSA) is 79.3 Å². The van der Waals surface area contributed by atoms with E-state index >= 15 is 0 Å². The highest BCUT2D eigenvalue weighted by molar-refractivity contribution is 9.10. The summed E-state index contributed by atoms with van der Waals surface area (Å²) >= 11 is 3.86. The molecule has 98 valence electrons. The third-order valence-electron chi connectivity index (χ3n) is 2.10. The molecule has 0 saturated carbocycles. The van der Waals surface area contributed by atoms with Crippen LogP contribution in [0.2, 0.25) is 0 Å². The Bertz CT molecular complexity index is 659. The van der Waals surface area contributed by atoms with Gasteiger partial charge in [-0.15, -0.1) is 11.3 Å². The third-order valence-corrected chi connectivity index (χ3v) is 3.54. The van der Waals surface area contributed by atoms with Gasteiger partial charge < -0.3 is 10.4 Å². The zero-order valence-corrected chi connectivity index (χ0v) is 11.6. The summed E-state index contributed by atoms with van der Waals surface area (Å²) in [6.45, 7) is 0. The quantitative estimate of drug-likeness (QED) is 0.896. The van der Waals surface area contributed by atoms with E-state index in [2.05, 4.69) is 26.2 Å². The lowest BCUT2D eigenvalue weighted by atomic mass is 10.3. The van der Waals surface area contributed by atoms with Crippen molar-refractivity contribution in [2.75, 3.05) is 5.32 Å². The maximum absolute atomic E-state index is 13.0. The molecule has 0 radical (unpaired) electrons. The van der Waals surface area contributed by atoms with Crippen molar-refractivity contribution in [3.8, 4) is 0 Å². The van der Waals surface area contributed by atoms with E-state index < -0.39 is 17.7 Å². The molecular formula is C11H6BrFN2O3S. The van der Waals surface area contributed by atoms with Gasteiger partial charge in [-0.25, -0.2) is 14.2 Å². The van der Waals surface area contributed by atoms with Crippen molar-refractivity contribution in [1.29, 1.82) is 0 Å². The molecule has 0 aliphatic carbocycles. The highest BCUT2D eigenvalue weighted by atomic mass is 79.9. The lowest BCUT2D eigenvalue weighted by Crippen LogP contribution is -2.13. The van der Waals surface area contributed by atoms with Gasteiger partial charge in [-0.2, -0.15) is 0 Å². The Hall–Kier alpha value is -1.80. The van der Waals surface area contributed by atoms with E-state index in [9.17, 15) is 14.0 Å². The van der Waals surface area contributed by atoms with Crippen molar-refractivity contribution in [1.82, 2.24) is 4.98 Å². The number of thiazole rings is 1. The smallest absolute Gasteiger partial charge is 0.365 e. The Kier molecular flexibility index (Phi) is 3.91. The monoisotopic (exact) mass is 344 g/mol. The van der Waals surface area contributed by atoms with Crippen LogP contribution in [0.25, 0.3) is 0 Å². The maximum Gasteiger partial charge on any atom is 0.365 e. The molecule has 1 aromatic heterocycles. The normalized spacial score (nSPS) is 10.2. The van der Waals surface area contributed by atoms with Crippen LogP contribution < -0.4 is 5.32 Å². The predicted octanol–water partition coefficient (Wildman–Crippen LogP) is 3.00. The number of benzene rings is 1. The predicted molar refractivity (Wildman–Crippen MR) is 71.1 cm³/mol. The summed E-state index contributed by atoms with van der Waals surface area (Å²) in [5, 5.41) is 12.4. The van der Waals surface area contributed by atoms with Gasteiger partial charge in [0.05, 0.1) is 4.47 Å². The van der Waals surface area contributed by atoms with Crippen molar-refractivity contribution in [2.45, 2.75) is 0 Å². The van der Waals surface area contributed by atoms with E-state index in [0.29, 0.717) is 5.69 Å².